The Bertz CT molecular complexity index is 1070. The summed E-state index contributed by atoms with van der Waals surface area (Å²) in [6.07, 6.45) is 1.16. The smallest absolute Gasteiger partial charge is 0.270 e. The van der Waals surface area contributed by atoms with Gasteiger partial charge in [0.1, 0.15) is 5.69 Å². The highest BCUT2D eigenvalue weighted by atomic mass is 16.2. The van der Waals surface area contributed by atoms with E-state index < -0.39 is 0 Å². The van der Waals surface area contributed by atoms with E-state index in [4.69, 9.17) is 0 Å². The van der Waals surface area contributed by atoms with Gasteiger partial charge in [0.15, 0.2) is 0 Å². The van der Waals surface area contributed by atoms with Crippen molar-refractivity contribution in [3.05, 3.63) is 46.4 Å². The third kappa shape index (κ3) is 2.45. The van der Waals surface area contributed by atoms with Gasteiger partial charge >= 0.3 is 0 Å². The van der Waals surface area contributed by atoms with Crippen molar-refractivity contribution in [1.29, 1.82) is 0 Å². The lowest BCUT2D eigenvalue weighted by Gasteiger charge is -2.35. The van der Waals surface area contributed by atoms with E-state index in [0.717, 1.165) is 35.9 Å². The molecule has 4 rings (SSSR count). The third-order valence-electron chi connectivity index (χ3n) is 5.66. The highest BCUT2D eigenvalue weighted by Crippen LogP contribution is 2.27. The molecule has 0 aliphatic carbocycles. The Morgan fingerprint density at radius 3 is 2.35 bits per heavy atom. The summed E-state index contributed by atoms with van der Waals surface area (Å²) in [5.41, 5.74) is 2.25. The van der Waals surface area contributed by atoms with Crippen LogP contribution in [-0.2, 0) is 14.1 Å². The van der Waals surface area contributed by atoms with Gasteiger partial charge in [0.2, 0.25) is 0 Å². The first-order chi connectivity index (χ1) is 12.4. The quantitative estimate of drug-likeness (QED) is 0.676. The molecule has 3 aromatic rings. The summed E-state index contributed by atoms with van der Waals surface area (Å²) in [7, 11) is 3.67. The maximum atomic E-state index is 13.2. The van der Waals surface area contributed by atoms with Crippen LogP contribution >= 0.6 is 0 Å². The largest absolute Gasteiger partial charge is 0.339 e. The first-order valence-electron chi connectivity index (χ1n) is 9.25. The SMILES string of the molecule is C[C@H]1C[C@H](C)CN(C(=O)c2cc3c(=O)n(C)c4ccccc4c3n2C)C1. The fraction of sp³-hybridized carbons (Fsp3) is 0.429. The van der Waals surface area contributed by atoms with E-state index in [9.17, 15) is 9.59 Å². The predicted octanol–water partition coefficient (Wildman–Crippen LogP) is 3.15. The number of nitrogens with zero attached hydrogens (tertiary/aromatic N) is 3. The zero-order valence-electron chi connectivity index (χ0n) is 15.8. The van der Waals surface area contributed by atoms with E-state index in [1.54, 1.807) is 17.7 Å². The van der Waals surface area contributed by atoms with Gasteiger partial charge < -0.3 is 14.0 Å². The summed E-state index contributed by atoms with van der Waals surface area (Å²) in [5, 5.41) is 1.60. The van der Waals surface area contributed by atoms with E-state index in [1.165, 1.54) is 0 Å². The van der Waals surface area contributed by atoms with Crippen molar-refractivity contribution in [3.63, 3.8) is 0 Å². The minimum absolute atomic E-state index is 0.0215. The molecular formula is C21H25N3O2. The molecule has 1 aromatic carbocycles. The monoisotopic (exact) mass is 351 g/mol. The van der Waals surface area contributed by atoms with Gasteiger partial charge in [0.05, 0.1) is 16.4 Å². The molecule has 1 aliphatic heterocycles. The average Bonchev–Trinajstić information content (AvgIpc) is 2.96. The van der Waals surface area contributed by atoms with Crippen molar-refractivity contribution in [2.45, 2.75) is 20.3 Å². The van der Waals surface area contributed by atoms with Crippen molar-refractivity contribution in [3.8, 4) is 0 Å². The van der Waals surface area contributed by atoms with E-state index in [2.05, 4.69) is 13.8 Å². The molecule has 5 heteroatoms. The standard InChI is InChI=1S/C21H25N3O2/c1-13-9-14(2)12-24(11-13)21(26)18-10-16-19(22(18)3)15-7-5-6-8-17(15)23(4)20(16)25/h5-8,10,13-14H,9,11-12H2,1-4H3/t13-,14-/m0/s1. The van der Waals surface area contributed by atoms with Crippen LogP contribution in [0, 0.1) is 11.8 Å². The minimum atomic E-state index is -0.0614. The van der Waals surface area contributed by atoms with Crippen LogP contribution in [0.25, 0.3) is 21.8 Å². The van der Waals surface area contributed by atoms with Gasteiger partial charge in [-0.05, 0) is 30.4 Å². The van der Waals surface area contributed by atoms with Gasteiger partial charge in [-0.1, -0.05) is 32.0 Å². The second-order valence-electron chi connectivity index (χ2n) is 7.89. The average molecular weight is 351 g/mol. The van der Waals surface area contributed by atoms with Crippen molar-refractivity contribution < 1.29 is 4.79 Å². The topological polar surface area (TPSA) is 47.2 Å². The van der Waals surface area contributed by atoms with Crippen LogP contribution < -0.4 is 5.56 Å². The third-order valence-corrected chi connectivity index (χ3v) is 5.66. The van der Waals surface area contributed by atoms with Gasteiger partial charge in [0, 0.05) is 32.6 Å². The number of piperidine rings is 1. The summed E-state index contributed by atoms with van der Waals surface area (Å²) in [5.74, 6) is 1.03. The summed E-state index contributed by atoms with van der Waals surface area (Å²) in [6.45, 7) is 5.95. The molecule has 3 heterocycles. The fourth-order valence-electron chi connectivity index (χ4n) is 4.54. The molecule has 0 saturated carbocycles. The van der Waals surface area contributed by atoms with E-state index in [0.29, 0.717) is 22.9 Å². The molecule has 26 heavy (non-hydrogen) atoms. The maximum absolute atomic E-state index is 13.2. The number of benzene rings is 1. The molecule has 2 atom stereocenters. The predicted molar refractivity (Wildman–Crippen MR) is 105 cm³/mol. The number of para-hydroxylation sites is 1. The summed E-state index contributed by atoms with van der Waals surface area (Å²) < 4.78 is 3.56. The number of aromatic nitrogens is 2. The molecule has 0 spiro atoms. The van der Waals surface area contributed by atoms with Crippen LogP contribution in [0.3, 0.4) is 0 Å². The first-order valence-corrected chi connectivity index (χ1v) is 9.25. The lowest BCUT2D eigenvalue weighted by atomic mass is 9.92. The van der Waals surface area contributed by atoms with Crippen LogP contribution in [0.4, 0.5) is 0 Å². The second kappa shape index (κ2) is 6.01. The number of carbonyl (C=O) groups excluding carboxylic acids is 1. The second-order valence-corrected chi connectivity index (χ2v) is 7.89. The van der Waals surface area contributed by atoms with Gasteiger partial charge in [-0.15, -0.1) is 0 Å². The van der Waals surface area contributed by atoms with Crippen LogP contribution in [-0.4, -0.2) is 33.0 Å². The summed E-state index contributed by atoms with van der Waals surface area (Å²) in [6, 6.07) is 9.62. The van der Waals surface area contributed by atoms with Gasteiger partial charge in [-0.3, -0.25) is 9.59 Å². The van der Waals surface area contributed by atoms with E-state index in [1.807, 2.05) is 40.8 Å². The Balaban J connectivity index is 1.91. The van der Waals surface area contributed by atoms with Gasteiger partial charge in [-0.2, -0.15) is 0 Å². The summed E-state index contributed by atoms with van der Waals surface area (Å²) >= 11 is 0. The fourth-order valence-corrected chi connectivity index (χ4v) is 4.54. The molecule has 0 unspecified atom stereocenters. The zero-order chi connectivity index (χ0) is 18.6. The van der Waals surface area contributed by atoms with Crippen LogP contribution in [0.5, 0.6) is 0 Å². The molecule has 136 valence electrons. The van der Waals surface area contributed by atoms with E-state index >= 15 is 0 Å². The maximum Gasteiger partial charge on any atom is 0.270 e. The van der Waals surface area contributed by atoms with Gasteiger partial charge in [-0.25, -0.2) is 0 Å². The van der Waals surface area contributed by atoms with Crippen molar-refractivity contribution in [2.24, 2.45) is 25.9 Å². The Labute approximate surface area is 152 Å². The van der Waals surface area contributed by atoms with E-state index in [-0.39, 0.29) is 11.5 Å². The number of rotatable bonds is 1. The number of hydrogen-bond acceptors (Lipinski definition) is 2. The highest BCUT2D eigenvalue weighted by molar-refractivity contribution is 6.08. The Morgan fingerprint density at radius 2 is 1.65 bits per heavy atom. The molecule has 2 aromatic heterocycles. The molecule has 1 fully saturated rings. The molecule has 0 bridgehead atoms. The lowest BCUT2D eigenvalue weighted by molar-refractivity contribution is 0.0614. The van der Waals surface area contributed by atoms with Crippen molar-refractivity contribution in [1.82, 2.24) is 14.0 Å². The zero-order valence-corrected chi connectivity index (χ0v) is 15.8. The Morgan fingerprint density at radius 1 is 1.00 bits per heavy atom. The number of likely N-dealkylation sites (tertiary alicyclic amines) is 1. The first kappa shape index (κ1) is 16.9. The lowest BCUT2D eigenvalue weighted by Crippen LogP contribution is -2.43. The number of carbonyl (C=O) groups is 1. The van der Waals surface area contributed by atoms with Crippen molar-refractivity contribution in [2.75, 3.05) is 13.1 Å². The van der Waals surface area contributed by atoms with Crippen molar-refractivity contribution >= 4 is 27.7 Å². The molecule has 1 saturated heterocycles. The molecule has 0 N–H and O–H groups in total. The highest BCUT2D eigenvalue weighted by Gasteiger charge is 2.28. The number of amides is 1. The normalized spacial score (nSPS) is 20.8. The van der Waals surface area contributed by atoms with Crippen LogP contribution in [0.15, 0.2) is 35.1 Å². The molecule has 1 amide bonds. The number of fused-ring (bicyclic) bond motifs is 3. The molecule has 5 nitrogen and oxygen atoms in total. The molecule has 0 radical (unpaired) electrons. The molecule has 1 aliphatic rings. The van der Waals surface area contributed by atoms with Gasteiger partial charge in [0.25, 0.3) is 11.5 Å². The number of aryl methyl sites for hydroxylation is 2. The molecular weight excluding hydrogens is 326 g/mol. The number of hydrogen-bond donors (Lipinski definition) is 0. The number of pyridine rings is 1. The van der Waals surface area contributed by atoms with Crippen LogP contribution in [0.1, 0.15) is 30.8 Å². The Hall–Kier alpha value is -2.56. The minimum Gasteiger partial charge on any atom is -0.339 e. The Kier molecular flexibility index (Phi) is 3.90. The van der Waals surface area contributed by atoms with Crippen LogP contribution in [0.2, 0.25) is 0 Å². The summed E-state index contributed by atoms with van der Waals surface area (Å²) in [4.78, 5) is 28.0.